The van der Waals surface area contributed by atoms with Crippen LogP contribution in [0.15, 0.2) is 41.4 Å². The van der Waals surface area contributed by atoms with Crippen LogP contribution in [-0.2, 0) is 11.2 Å². The van der Waals surface area contributed by atoms with Gasteiger partial charge in [-0.3, -0.25) is 4.79 Å². The Morgan fingerprint density at radius 1 is 1.25 bits per heavy atom. The van der Waals surface area contributed by atoms with E-state index in [-0.39, 0.29) is 42.2 Å². The van der Waals surface area contributed by atoms with E-state index in [9.17, 15) is 9.18 Å². The molecule has 0 unspecified atom stereocenters. The Kier molecular flexibility index (Phi) is 11.0. The Balaban J connectivity index is 0.00000529. The van der Waals surface area contributed by atoms with Gasteiger partial charge >= 0.3 is 0 Å². The van der Waals surface area contributed by atoms with Crippen molar-refractivity contribution in [3.05, 3.63) is 47.8 Å². The molecule has 134 valence electrons. The van der Waals surface area contributed by atoms with Crippen LogP contribution in [0.4, 0.5) is 4.39 Å². The number of hydrogen-bond donors (Lipinski definition) is 2. The normalized spacial score (nSPS) is 10.6. The fourth-order valence-electron chi connectivity index (χ4n) is 1.67. The summed E-state index contributed by atoms with van der Waals surface area (Å²) in [7, 11) is 3.39. The Labute approximate surface area is 160 Å². The van der Waals surface area contributed by atoms with Crippen LogP contribution < -0.4 is 10.6 Å². The summed E-state index contributed by atoms with van der Waals surface area (Å²) in [5.41, 5.74) is 2.00. The van der Waals surface area contributed by atoms with Gasteiger partial charge in [0.2, 0.25) is 5.91 Å². The van der Waals surface area contributed by atoms with Crippen molar-refractivity contribution in [1.82, 2.24) is 15.5 Å². The van der Waals surface area contributed by atoms with E-state index in [4.69, 9.17) is 0 Å². The lowest BCUT2D eigenvalue weighted by Gasteiger charge is -2.14. The summed E-state index contributed by atoms with van der Waals surface area (Å²) in [5, 5.41) is 6.28. The molecule has 0 saturated heterocycles. The lowest BCUT2D eigenvalue weighted by atomic mass is 10.1. The summed E-state index contributed by atoms with van der Waals surface area (Å²) >= 11 is 0. The average molecular weight is 448 g/mol. The molecule has 0 bridgehead atoms. The Morgan fingerprint density at radius 3 is 2.42 bits per heavy atom. The molecular formula is C17H26FIN4O. The van der Waals surface area contributed by atoms with Gasteiger partial charge in [-0.2, -0.15) is 0 Å². The summed E-state index contributed by atoms with van der Waals surface area (Å²) in [5.74, 6) is 0.250. The van der Waals surface area contributed by atoms with Gasteiger partial charge < -0.3 is 15.5 Å². The molecule has 0 aromatic heterocycles. The van der Waals surface area contributed by atoms with Gasteiger partial charge in [0.05, 0.1) is 0 Å². The topological polar surface area (TPSA) is 56.7 Å². The van der Waals surface area contributed by atoms with Crippen LogP contribution in [0.5, 0.6) is 0 Å². The minimum Gasteiger partial charge on any atom is -0.356 e. The van der Waals surface area contributed by atoms with Gasteiger partial charge in [0.25, 0.3) is 0 Å². The van der Waals surface area contributed by atoms with Gasteiger partial charge in [-0.05, 0) is 31.0 Å². The second-order valence-electron chi connectivity index (χ2n) is 5.57. The molecule has 2 N–H and O–H groups in total. The first kappa shape index (κ1) is 22.4. The maximum absolute atomic E-state index is 12.9. The highest BCUT2D eigenvalue weighted by atomic mass is 127. The predicted octanol–water partition coefficient (Wildman–Crippen LogP) is 2.19. The van der Waals surface area contributed by atoms with Crippen molar-refractivity contribution in [1.29, 1.82) is 0 Å². The number of benzene rings is 1. The number of carbonyl (C=O) groups excluding carboxylic acids is 1. The molecule has 1 amide bonds. The highest BCUT2D eigenvalue weighted by molar-refractivity contribution is 14.0. The fourth-order valence-corrected chi connectivity index (χ4v) is 1.67. The molecule has 0 aliphatic rings. The van der Waals surface area contributed by atoms with E-state index >= 15 is 0 Å². The van der Waals surface area contributed by atoms with Crippen LogP contribution in [-0.4, -0.2) is 50.5 Å². The number of nitrogens with one attached hydrogen (secondary N) is 2. The highest BCUT2D eigenvalue weighted by Gasteiger charge is 2.04. The van der Waals surface area contributed by atoms with Gasteiger partial charge in [-0.15, -0.1) is 24.0 Å². The van der Waals surface area contributed by atoms with E-state index < -0.39 is 0 Å². The van der Waals surface area contributed by atoms with Crippen LogP contribution in [0.1, 0.15) is 12.5 Å². The number of rotatable bonds is 7. The van der Waals surface area contributed by atoms with Crippen LogP contribution in [0, 0.1) is 5.82 Å². The second-order valence-corrected chi connectivity index (χ2v) is 5.57. The van der Waals surface area contributed by atoms with Gasteiger partial charge in [-0.25, -0.2) is 9.38 Å². The van der Waals surface area contributed by atoms with Crippen LogP contribution in [0.3, 0.4) is 0 Å². The first-order valence-electron chi connectivity index (χ1n) is 7.49. The Morgan fingerprint density at radius 2 is 1.88 bits per heavy atom. The molecule has 1 rings (SSSR count). The molecular weight excluding hydrogens is 422 g/mol. The second kappa shape index (κ2) is 11.8. The van der Waals surface area contributed by atoms with Crippen molar-refractivity contribution in [2.24, 2.45) is 4.99 Å². The third-order valence-corrected chi connectivity index (χ3v) is 3.05. The third-order valence-electron chi connectivity index (χ3n) is 3.05. The Bertz CT molecular complexity index is 558. The quantitative estimate of drug-likeness (QED) is 0.291. The maximum Gasteiger partial charge on any atom is 0.243 e. The summed E-state index contributed by atoms with van der Waals surface area (Å²) in [6.07, 6.45) is 0.732. The molecule has 0 aliphatic heterocycles. The third kappa shape index (κ3) is 9.49. The monoisotopic (exact) mass is 448 g/mol. The van der Waals surface area contributed by atoms with Crippen molar-refractivity contribution in [2.45, 2.75) is 13.3 Å². The lowest BCUT2D eigenvalue weighted by Crippen LogP contribution is -2.40. The largest absolute Gasteiger partial charge is 0.356 e. The smallest absolute Gasteiger partial charge is 0.243 e. The average Bonchev–Trinajstić information content (AvgIpc) is 2.50. The standard InChI is InChI=1S/C17H25FN4O.HI/c1-13(2)11-20-17(21-12-16(23)22(3)4)19-10-9-14-5-7-15(18)8-6-14;/h5-8H,1,9-12H2,2-4H3,(H2,19,20,21);1H. The molecule has 1 aromatic rings. The molecule has 0 radical (unpaired) electrons. The SMILES string of the molecule is C=C(C)CNC(=NCC(=O)N(C)C)NCCc1ccc(F)cc1.I. The van der Waals surface area contributed by atoms with Crippen LogP contribution >= 0.6 is 24.0 Å². The number of likely N-dealkylation sites (N-methyl/N-ethyl adjacent to an activating group) is 1. The first-order valence-corrected chi connectivity index (χ1v) is 7.49. The number of carbonyl (C=O) groups is 1. The number of aliphatic imine (C=N–C) groups is 1. The Hall–Kier alpha value is -1.64. The number of guanidine groups is 1. The van der Waals surface area contributed by atoms with Crippen molar-refractivity contribution in [3.63, 3.8) is 0 Å². The van der Waals surface area contributed by atoms with Crippen molar-refractivity contribution in [2.75, 3.05) is 33.7 Å². The highest BCUT2D eigenvalue weighted by Crippen LogP contribution is 2.02. The number of amides is 1. The van der Waals surface area contributed by atoms with E-state index in [1.165, 1.54) is 17.0 Å². The summed E-state index contributed by atoms with van der Waals surface area (Å²) in [4.78, 5) is 17.4. The molecule has 0 aliphatic carbocycles. The predicted molar refractivity (Wildman–Crippen MR) is 107 cm³/mol. The summed E-state index contributed by atoms with van der Waals surface area (Å²) < 4.78 is 12.9. The van der Waals surface area contributed by atoms with Gasteiger partial charge in [0.15, 0.2) is 5.96 Å². The van der Waals surface area contributed by atoms with Gasteiger partial charge in [-0.1, -0.05) is 24.3 Å². The number of halogens is 2. The van der Waals surface area contributed by atoms with Gasteiger partial charge in [0, 0.05) is 27.2 Å². The van der Waals surface area contributed by atoms with Crippen molar-refractivity contribution in [3.8, 4) is 0 Å². The minimum atomic E-state index is -0.241. The molecule has 7 heteroatoms. The summed E-state index contributed by atoms with van der Waals surface area (Å²) in [6.45, 7) is 7.03. The van der Waals surface area contributed by atoms with E-state index in [1.54, 1.807) is 26.2 Å². The van der Waals surface area contributed by atoms with Crippen LogP contribution in [0.2, 0.25) is 0 Å². The molecule has 0 heterocycles. The molecule has 24 heavy (non-hydrogen) atoms. The molecule has 0 fully saturated rings. The molecule has 1 aromatic carbocycles. The summed E-state index contributed by atoms with van der Waals surface area (Å²) in [6, 6.07) is 6.40. The van der Waals surface area contributed by atoms with Crippen molar-refractivity contribution < 1.29 is 9.18 Å². The van der Waals surface area contributed by atoms with E-state index in [0.717, 1.165) is 17.6 Å². The maximum atomic E-state index is 12.9. The van der Waals surface area contributed by atoms with Gasteiger partial charge in [0.1, 0.15) is 12.4 Å². The first-order chi connectivity index (χ1) is 10.9. The zero-order valence-corrected chi connectivity index (χ0v) is 16.8. The van der Waals surface area contributed by atoms with Crippen LogP contribution in [0.25, 0.3) is 0 Å². The van der Waals surface area contributed by atoms with E-state index in [2.05, 4.69) is 22.2 Å². The zero-order valence-electron chi connectivity index (χ0n) is 14.4. The number of nitrogens with zero attached hydrogens (tertiary/aromatic N) is 2. The fraction of sp³-hybridized carbons (Fsp3) is 0.412. The minimum absolute atomic E-state index is 0. The molecule has 5 nitrogen and oxygen atoms in total. The molecule has 0 atom stereocenters. The zero-order chi connectivity index (χ0) is 17.2. The van der Waals surface area contributed by atoms with E-state index in [1.807, 2.05) is 6.92 Å². The van der Waals surface area contributed by atoms with Crippen molar-refractivity contribution >= 4 is 35.8 Å². The van der Waals surface area contributed by atoms with E-state index in [0.29, 0.717) is 19.0 Å². The number of hydrogen-bond acceptors (Lipinski definition) is 2. The molecule has 0 saturated carbocycles. The lowest BCUT2D eigenvalue weighted by molar-refractivity contribution is -0.127. The molecule has 0 spiro atoms.